The van der Waals surface area contributed by atoms with Crippen LogP contribution in [0.5, 0.6) is 0 Å². The Morgan fingerprint density at radius 2 is 1.90 bits per heavy atom. The Morgan fingerprint density at radius 1 is 1.07 bits per heavy atom. The summed E-state index contributed by atoms with van der Waals surface area (Å²) in [4.78, 5) is 10.6. The van der Waals surface area contributed by atoms with Crippen LogP contribution in [0.2, 0.25) is 0 Å². The molecule has 0 spiro atoms. The van der Waals surface area contributed by atoms with E-state index in [-0.39, 0.29) is 0 Å². The highest BCUT2D eigenvalue weighted by Crippen LogP contribution is 2.42. The summed E-state index contributed by atoms with van der Waals surface area (Å²) in [6.45, 7) is 11.0. The van der Waals surface area contributed by atoms with Crippen molar-refractivity contribution in [3.63, 3.8) is 0 Å². The summed E-state index contributed by atoms with van der Waals surface area (Å²) in [6.07, 6.45) is 4.93. The average molecular weight is 379 g/mol. The number of hydrogen-bond donors (Lipinski definition) is 0. The van der Waals surface area contributed by atoms with E-state index >= 15 is 0 Å². The minimum atomic E-state index is 0.663. The molecule has 5 rings (SSSR count). The van der Waals surface area contributed by atoms with Crippen LogP contribution in [0.15, 0.2) is 65.4 Å². The lowest BCUT2D eigenvalue weighted by atomic mass is 9.94. The summed E-state index contributed by atoms with van der Waals surface area (Å²) in [5, 5.41) is 4.33. The Bertz CT molecular complexity index is 1200. The van der Waals surface area contributed by atoms with Gasteiger partial charge in [0.05, 0.1) is 19.3 Å². The predicted octanol–water partition coefficient (Wildman–Crippen LogP) is 5.41. The molecule has 29 heavy (non-hydrogen) atoms. The van der Waals surface area contributed by atoms with Gasteiger partial charge in [0.15, 0.2) is 5.69 Å². The zero-order valence-corrected chi connectivity index (χ0v) is 16.6. The third-order valence-corrected chi connectivity index (χ3v) is 5.75. The van der Waals surface area contributed by atoms with Crippen molar-refractivity contribution in [3.8, 4) is 11.1 Å². The van der Waals surface area contributed by atoms with Gasteiger partial charge in [-0.15, -0.1) is 0 Å². The molecule has 0 bridgehead atoms. The zero-order valence-electron chi connectivity index (χ0n) is 16.6. The van der Waals surface area contributed by atoms with Crippen LogP contribution in [0.1, 0.15) is 18.9 Å². The first kappa shape index (κ1) is 17.4. The molecule has 0 fully saturated rings. The lowest BCUT2D eigenvalue weighted by Crippen LogP contribution is -2.19. The Balaban J connectivity index is 1.68. The van der Waals surface area contributed by atoms with Gasteiger partial charge in [0, 0.05) is 53.6 Å². The summed E-state index contributed by atoms with van der Waals surface area (Å²) < 4.78 is 1.83. The Labute approximate surface area is 170 Å². The van der Waals surface area contributed by atoms with E-state index in [1.807, 2.05) is 48.4 Å². The maximum absolute atomic E-state index is 7.23. The molecule has 0 amide bonds. The number of aromatic nitrogens is 2. The van der Waals surface area contributed by atoms with Crippen molar-refractivity contribution >= 4 is 28.3 Å². The fourth-order valence-corrected chi connectivity index (χ4v) is 4.28. The van der Waals surface area contributed by atoms with E-state index in [0.717, 1.165) is 42.0 Å². The van der Waals surface area contributed by atoms with Gasteiger partial charge in [-0.25, -0.2) is 4.85 Å². The first-order valence-electron chi connectivity index (χ1n) is 9.76. The fourth-order valence-electron chi connectivity index (χ4n) is 4.28. The van der Waals surface area contributed by atoms with E-state index in [9.17, 15) is 0 Å². The van der Waals surface area contributed by atoms with Gasteiger partial charge in [0.1, 0.15) is 0 Å². The minimum Gasteiger partial charge on any atom is -0.341 e. The molecule has 5 heteroatoms. The molecule has 0 aliphatic carbocycles. The van der Waals surface area contributed by atoms with Crippen molar-refractivity contribution < 1.29 is 0 Å². The predicted molar refractivity (Wildman–Crippen MR) is 118 cm³/mol. The highest BCUT2D eigenvalue weighted by Gasteiger charge is 2.27. The fraction of sp³-hybridized carbons (Fsp3) is 0.208. The molecular weight excluding hydrogens is 358 g/mol. The number of nitrogens with zero attached hydrogens (tertiary/aromatic N) is 5. The van der Waals surface area contributed by atoms with Gasteiger partial charge in [-0.1, -0.05) is 24.3 Å². The van der Waals surface area contributed by atoms with Gasteiger partial charge < -0.3 is 4.90 Å². The standard InChI is InChI=1S/C24H21N5/c1-16-24-18(13-26-16)10-11-29(21-7-5-20(25-2)6-8-21)23-12-17(4-9-22(23)24)19-14-27-28(3)15-19/h4-9,12,14-15H,10-11,13H2,1,3H3. The largest absolute Gasteiger partial charge is 0.341 e. The lowest BCUT2D eigenvalue weighted by molar-refractivity contribution is 0.768. The molecule has 1 aromatic heterocycles. The molecule has 0 saturated carbocycles. The molecule has 142 valence electrons. The second-order valence-corrected chi connectivity index (χ2v) is 7.54. The molecule has 0 atom stereocenters. The van der Waals surface area contributed by atoms with Gasteiger partial charge >= 0.3 is 0 Å². The summed E-state index contributed by atoms with van der Waals surface area (Å²) >= 11 is 0. The van der Waals surface area contributed by atoms with Crippen molar-refractivity contribution in [1.29, 1.82) is 0 Å². The van der Waals surface area contributed by atoms with Crippen LogP contribution in [0.4, 0.5) is 17.1 Å². The molecule has 5 nitrogen and oxygen atoms in total. The summed E-state index contributed by atoms with van der Waals surface area (Å²) in [5.74, 6) is 0. The van der Waals surface area contributed by atoms with E-state index in [2.05, 4.69) is 40.0 Å². The van der Waals surface area contributed by atoms with E-state index in [4.69, 9.17) is 11.6 Å². The Hall–Kier alpha value is -3.65. The highest BCUT2D eigenvalue weighted by atomic mass is 15.2. The van der Waals surface area contributed by atoms with Crippen molar-refractivity contribution in [2.75, 3.05) is 18.0 Å². The van der Waals surface area contributed by atoms with Gasteiger partial charge in [-0.05, 0) is 42.7 Å². The van der Waals surface area contributed by atoms with Crippen LogP contribution < -0.4 is 4.90 Å². The first-order chi connectivity index (χ1) is 14.1. The molecule has 3 aromatic rings. The molecule has 0 unspecified atom stereocenters. The maximum atomic E-state index is 7.23. The second-order valence-electron chi connectivity index (χ2n) is 7.54. The van der Waals surface area contributed by atoms with Crippen LogP contribution in [0.3, 0.4) is 0 Å². The molecule has 0 saturated heterocycles. The van der Waals surface area contributed by atoms with Crippen LogP contribution >= 0.6 is 0 Å². The quantitative estimate of drug-likeness (QED) is 0.559. The second kappa shape index (κ2) is 6.75. The van der Waals surface area contributed by atoms with Crippen LogP contribution in [-0.2, 0) is 7.05 Å². The number of anilines is 2. The van der Waals surface area contributed by atoms with Crippen molar-refractivity contribution in [2.45, 2.75) is 13.3 Å². The van der Waals surface area contributed by atoms with Crippen molar-refractivity contribution in [3.05, 3.63) is 77.4 Å². The summed E-state index contributed by atoms with van der Waals surface area (Å²) in [5.41, 5.74) is 10.3. The molecular formula is C24H21N5. The number of rotatable bonds is 2. The van der Waals surface area contributed by atoms with Crippen molar-refractivity contribution in [1.82, 2.24) is 9.78 Å². The van der Waals surface area contributed by atoms with E-state index in [0.29, 0.717) is 5.69 Å². The van der Waals surface area contributed by atoms with Gasteiger partial charge in [0.2, 0.25) is 0 Å². The van der Waals surface area contributed by atoms with E-state index in [1.54, 1.807) is 0 Å². The van der Waals surface area contributed by atoms with Crippen LogP contribution in [0, 0.1) is 6.57 Å². The first-order valence-corrected chi connectivity index (χ1v) is 9.76. The Kier molecular flexibility index (Phi) is 4.06. The van der Waals surface area contributed by atoms with Gasteiger partial charge in [0.25, 0.3) is 0 Å². The minimum absolute atomic E-state index is 0.663. The van der Waals surface area contributed by atoms with Gasteiger partial charge in [-0.2, -0.15) is 5.10 Å². The average Bonchev–Trinajstić information content (AvgIpc) is 3.29. The summed E-state index contributed by atoms with van der Waals surface area (Å²) in [7, 11) is 1.94. The number of allylic oxidation sites excluding steroid dienone is 1. The van der Waals surface area contributed by atoms with Crippen LogP contribution in [-0.4, -0.2) is 28.6 Å². The Morgan fingerprint density at radius 3 is 2.62 bits per heavy atom. The number of aliphatic imine (C=N–C) groups is 1. The lowest BCUT2D eigenvalue weighted by Gasteiger charge is -2.26. The zero-order chi connectivity index (χ0) is 20.0. The third-order valence-electron chi connectivity index (χ3n) is 5.75. The number of benzene rings is 2. The normalized spacial score (nSPS) is 15.5. The monoisotopic (exact) mass is 379 g/mol. The molecule has 3 heterocycles. The molecule has 2 aromatic carbocycles. The number of aryl methyl sites for hydroxylation is 1. The molecule has 2 aliphatic rings. The van der Waals surface area contributed by atoms with Crippen molar-refractivity contribution in [2.24, 2.45) is 12.0 Å². The number of hydrogen-bond acceptors (Lipinski definition) is 3. The maximum Gasteiger partial charge on any atom is 0.187 e. The summed E-state index contributed by atoms with van der Waals surface area (Å²) in [6, 6.07) is 14.5. The van der Waals surface area contributed by atoms with E-state index < -0.39 is 0 Å². The van der Waals surface area contributed by atoms with E-state index in [1.165, 1.54) is 22.4 Å². The molecule has 2 aliphatic heterocycles. The smallest absolute Gasteiger partial charge is 0.187 e. The topological polar surface area (TPSA) is 37.8 Å². The number of fused-ring (bicyclic) bond motifs is 2. The van der Waals surface area contributed by atoms with Crippen LogP contribution in [0.25, 0.3) is 21.5 Å². The van der Waals surface area contributed by atoms with Gasteiger partial charge in [-0.3, -0.25) is 9.67 Å². The molecule has 0 radical (unpaired) electrons. The SMILES string of the molecule is [C-]#[N+]c1ccc(N2CCC3=C(C(C)=NC3)c3ccc(-c4cnn(C)c4)cc32)cc1. The molecule has 0 N–H and O–H groups in total. The highest BCUT2D eigenvalue weighted by molar-refractivity contribution is 6.27. The third kappa shape index (κ3) is 2.94.